The molecule has 0 aliphatic carbocycles. The smallest absolute Gasteiger partial charge is 0.138 e. The fraction of sp³-hybridized carbons (Fsp3) is 0.294. The number of aliphatic hydroxyl groups is 1. The number of ether oxygens (including phenoxy) is 2. The Bertz CT molecular complexity index is 567. The molecule has 0 aliphatic rings. The van der Waals surface area contributed by atoms with E-state index >= 15 is 0 Å². The van der Waals surface area contributed by atoms with Crippen molar-refractivity contribution >= 4 is 0 Å². The molecule has 0 bridgehead atoms. The second-order valence-corrected chi connectivity index (χ2v) is 4.98. The van der Waals surface area contributed by atoms with Crippen molar-refractivity contribution in [2.24, 2.45) is 5.73 Å². The lowest BCUT2D eigenvalue weighted by atomic mass is 10.0. The zero-order valence-corrected chi connectivity index (χ0v) is 12.3. The molecular weight excluding hydrogens is 266 g/mol. The molecule has 112 valence electrons. The van der Waals surface area contributed by atoms with Gasteiger partial charge in [0.05, 0.1) is 13.7 Å². The minimum absolute atomic E-state index is 0.0113. The molecule has 0 spiro atoms. The van der Waals surface area contributed by atoms with Crippen LogP contribution in [-0.2, 0) is 6.61 Å². The van der Waals surface area contributed by atoms with Crippen molar-refractivity contribution in [1.82, 2.24) is 0 Å². The Morgan fingerprint density at radius 3 is 2.38 bits per heavy atom. The van der Waals surface area contributed by atoms with E-state index in [1.54, 1.807) is 7.11 Å². The van der Waals surface area contributed by atoms with Crippen LogP contribution in [0.15, 0.2) is 48.5 Å². The van der Waals surface area contributed by atoms with Gasteiger partial charge in [-0.25, -0.2) is 0 Å². The van der Waals surface area contributed by atoms with Crippen LogP contribution < -0.4 is 15.2 Å². The molecule has 2 rings (SSSR count). The summed E-state index contributed by atoms with van der Waals surface area (Å²) in [7, 11) is 1.63. The molecule has 2 aromatic rings. The molecule has 2 atom stereocenters. The molecule has 4 heteroatoms. The van der Waals surface area contributed by atoms with Crippen LogP contribution >= 0.6 is 0 Å². The molecule has 3 N–H and O–H groups in total. The van der Waals surface area contributed by atoms with E-state index < -0.39 is 0 Å². The first-order valence-electron chi connectivity index (χ1n) is 6.90. The van der Waals surface area contributed by atoms with Crippen LogP contribution in [0.2, 0.25) is 0 Å². The molecule has 2 unspecified atom stereocenters. The number of methoxy groups -OCH3 is 1. The normalized spacial score (nSPS) is 13.5. The summed E-state index contributed by atoms with van der Waals surface area (Å²) in [6, 6.07) is 14.9. The first-order valence-corrected chi connectivity index (χ1v) is 6.90. The van der Waals surface area contributed by atoms with Crippen molar-refractivity contribution in [3.05, 3.63) is 59.7 Å². The topological polar surface area (TPSA) is 64.7 Å². The average molecular weight is 287 g/mol. The average Bonchev–Trinajstić information content (AvgIpc) is 2.52. The highest BCUT2D eigenvalue weighted by Gasteiger charge is 2.18. The number of rotatable bonds is 6. The maximum Gasteiger partial charge on any atom is 0.138 e. The summed E-state index contributed by atoms with van der Waals surface area (Å²) in [4.78, 5) is 0. The molecule has 4 nitrogen and oxygen atoms in total. The third-order valence-corrected chi connectivity index (χ3v) is 3.27. The molecule has 0 fully saturated rings. The predicted molar refractivity (Wildman–Crippen MR) is 82.4 cm³/mol. The standard InChI is InChI=1S/C17H21NO3/c1-12(18)17(14-6-8-15(20-2)9-7-14)21-16-5-3-4-13(10-16)11-19/h3-10,12,17,19H,11,18H2,1-2H3. The third kappa shape index (κ3) is 3.97. The number of nitrogens with two attached hydrogens (primary N) is 1. The van der Waals surface area contributed by atoms with Gasteiger partial charge in [-0.2, -0.15) is 0 Å². The summed E-state index contributed by atoms with van der Waals surface area (Å²) in [6.07, 6.45) is -0.259. The maximum absolute atomic E-state index is 9.19. The van der Waals surface area contributed by atoms with E-state index in [4.69, 9.17) is 15.2 Å². The van der Waals surface area contributed by atoms with Gasteiger partial charge < -0.3 is 20.3 Å². The lowest BCUT2D eigenvalue weighted by Gasteiger charge is -2.23. The van der Waals surface area contributed by atoms with Crippen molar-refractivity contribution in [2.45, 2.75) is 25.7 Å². The van der Waals surface area contributed by atoms with Crippen molar-refractivity contribution < 1.29 is 14.6 Å². The first-order chi connectivity index (χ1) is 10.1. The van der Waals surface area contributed by atoms with Crippen LogP contribution in [0.5, 0.6) is 11.5 Å². The monoisotopic (exact) mass is 287 g/mol. The van der Waals surface area contributed by atoms with Gasteiger partial charge in [-0.15, -0.1) is 0 Å². The Balaban J connectivity index is 2.21. The summed E-state index contributed by atoms with van der Waals surface area (Å²) in [6.45, 7) is 1.90. The molecule has 21 heavy (non-hydrogen) atoms. The van der Waals surface area contributed by atoms with Gasteiger partial charge in [0.25, 0.3) is 0 Å². The summed E-state index contributed by atoms with van der Waals surface area (Å²) in [5.74, 6) is 1.49. The largest absolute Gasteiger partial charge is 0.497 e. The SMILES string of the molecule is COc1ccc(C(Oc2cccc(CO)c2)C(C)N)cc1. The minimum Gasteiger partial charge on any atom is -0.497 e. The van der Waals surface area contributed by atoms with Crippen LogP contribution in [0.3, 0.4) is 0 Å². The van der Waals surface area contributed by atoms with Crippen LogP contribution in [-0.4, -0.2) is 18.3 Å². The molecule has 0 saturated carbocycles. The van der Waals surface area contributed by atoms with E-state index in [0.717, 1.165) is 16.9 Å². The van der Waals surface area contributed by atoms with Crippen LogP contribution in [0.1, 0.15) is 24.2 Å². The lowest BCUT2D eigenvalue weighted by Crippen LogP contribution is -2.29. The molecule has 0 saturated heterocycles. The van der Waals surface area contributed by atoms with Gasteiger partial charge in [-0.05, 0) is 42.3 Å². The number of aliphatic hydroxyl groups excluding tert-OH is 1. The molecular formula is C17H21NO3. The second-order valence-electron chi connectivity index (χ2n) is 4.98. The number of hydrogen-bond donors (Lipinski definition) is 2. The number of hydrogen-bond acceptors (Lipinski definition) is 4. The van der Waals surface area contributed by atoms with Crippen LogP contribution in [0, 0.1) is 0 Å². The van der Waals surface area contributed by atoms with Gasteiger partial charge >= 0.3 is 0 Å². The summed E-state index contributed by atoms with van der Waals surface area (Å²) in [5.41, 5.74) is 7.85. The van der Waals surface area contributed by atoms with Crippen molar-refractivity contribution in [3.63, 3.8) is 0 Å². The van der Waals surface area contributed by atoms with Crippen molar-refractivity contribution in [3.8, 4) is 11.5 Å². The van der Waals surface area contributed by atoms with Crippen molar-refractivity contribution in [2.75, 3.05) is 7.11 Å². The van der Waals surface area contributed by atoms with E-state index in [9.17, 15) is 5.11 Å². The Labute approximate surface area is 125 Å². The van der Waals surface area contributed by atoms with Gasteiger partial charge in [0.1, 0.15) is 17.6 Å². The Kier molecular flexibility index (Phi) is 5.20. The quantitative estimate of drug-likeness (QED) is 0.857. The fourth-order valence-corrected chi connectivity index (χ4v) is 2.14. The summed E-state index contributed by atoms with van der Waals surface area (Å²) < 4.78 is 11.2. The fourth-order valence-electron chi connectivity index (χ4n) is 2.14. The molecule has 0 heterocycles. The van der Waals surface area contributed by atoms with E-state index in [-0.39, 0.29) is 18.8 Å². The van der Waals surface area contributed by atoms with Crippen molar-refractivity contribution in [1.29, 1.82) is 0 Å². The first kappa shape index (κ1) is 15.4. The van der Waals surface area contributed by atoms with E-state index in [0.29, 0.717) is 5.75 Å². The van der Waals surface area contributed by atoms with Crippen LogP contribution in [0.25, 0.3) is 0 Å². The summed E-state index contributed by atoms with van der Waals surface area (Å²) >= 11 is 0. The molecule has 0 radical (unpaired) electrons. The highest BCUT2D eigenvalue weighted by atomic mass is 16.5. The highest BCUT2D eigenvalue weighted by molar-refractivity contribution is 5.32. The molecule has 0 aliphatic heterocycles. The third-order valence-electron chi connectivity index (χ3n) is 3.27. The van der Waals surface area contributed by atoms with Gasteiger partial charge in [-0.1, -0.05) is 24.3 Å². The zero-order valence-electron chi connectivity index (χ0n) is 12.3. The molecule has 0 amide bonds. The van der Waals surface area contributed by atoms with E-state index in [2.05, 4.69) is 0 Å². The van der Waals surface area contributed by atoms with Gasteiger partial charge in [0.2, 0.25) is 0 Å². The number of benzene rings is 2. The maximum atomic E-state index is 9.19. The summed E-state index contributed by atoms with van der Waals surface area (Å²) in [5, 5.41) is 9.19. The van der Waals surface area contributed by atoms with Gasteiger partial charge in [-0.3, -0.25) is 0 Å². The van der Waals surface area contributed by atoms with E-state index in [1.807, 2.05) is 55.5 Å². The van der Waals surface area contributed by atoms with Gasteiger partial charge in [0.15, 0.2) is 0 Å². The zero-order chi connectivity index (χ0) is 15.2. The Morgan fingerprint density at radius 2 is 1.81 bits per heavy atom. The minimum atomic E-state index is -0.259. The highest BCUT2D eigenvalue weighted by Crippen LogP contribution is 2.26. The van der Waals surface area contributed by atoms with Crippen LogP contribution in [0.4, 0.5) is 0 Å². The molecule has 0 aromatic heterocycles. The van der Waals surface area contributed by atoms with Gasteiger partial charge in [0, 0.05) is 6.04 Å². The predicted octanol–water partition coefficient (Wildman–Crippen LogP) is 2.65. The lowest BCUT2D eigenvalue weighted by molar-refractivity contribution is 0.179. The Morgan fingerprint density at radius 1 is 1.10 bits per heavy atom. The second kappa shape index (κ2) is 7.11. The van der Waals surface area contributed by atoms with E-state index in [1.165, 1.54) is 0 Å². The Hall–Kier alpha value is -2.04. The molecule has 2 aromatic carbocycles.